The first-order valence-electron chi connectivity index (χ1n) is 5.84. The third kappa shape index (κ3) is 2.65. The molecular formula is C13H14Cl2N3O+. The van der Waals surface area contributed by atoms with Crippen molar-refractivity contribution < 1.29 is 9.37 Å². The number of rotatable bonds is 3. The summed E-state index contributed by atoms with van der Waals surface area (Å²) in [5.74, 6) is -0.0504. The van der Waals surface area contributed by atoms with Gasteiger partial charge in [0.05, 0.1) is 11.2 Å². The summed E-state index contributed by atoms with van der Waals surface area (Å²) in [7, 11) is 1.71. The zero-order valence-corrected chi connectivity index (χ0v) is 12.4. The lowest BCUT2D eigenvalue weighted by Crippen LogP contribution is -2.38. The lowest BCUT2D eigenvalue weighted by Gasteiger charge is -2.23. The maximum atomic E-state index is 11.9. The Morgan fingerprint density at radius 1 is 1.37 bits per heavy atom. The average Bonchev–Trinajstić information content (AvgIpc) is 2.36. The van der Waals surface area contributed by atoms with E-state index in [1.54, 1.807) is 41.2 Å². The molecule has 0 atom stereocenters. The van der Waals surface area contributed by atoms with Gasteiger partial charge >= 0.3 is 5.17 Å². The molecule has 1 amide bonds. The van der Waals surface area contributed by atoms with Crippen LogP contribution in [-0.4, -0.2) is 32.6 Å². The van der Waals surface area contributed by atoms with Gasteiger partial charge in [-0.3, -0.25) is 9.78 Å². The van der Waals surface area contributed by atoms with E-state index < -0.39 is 0 Å². The molecule has 6 heteroatoms. The summed E-state index contributed by atoms with van der Waals surface area (Å²) < 4.78 is 1.74. The Balaban J connectivity index is 2.20. The van der Waals surface area contributed by atoms with Crippen LogP contribution in [-0.2, 0) is 4.79 Å². The summed E-state index contributed by atoms with van der Waals surface area (Å²) in [5.41, 5.74) is 1.46. The summed E-state index contributed by atoms with van der Waals surface area (Å²) in [5, 5.41) is 1.02. The van der Waals surface area contributed by atoms with Gasteiger partial charge in [0.2, 0.25) is 17.8 Å². The topological polar surface area (TPSA) is 36.2 Å². The van der Waals surface area contributed by atoms with E-state index in [-0.39, 0.29) is 11.8 Å². The first-order valence-corrected chi connectivity index (χ1v) is 6.59. The van der Waals surface area contributed by atoms with Gasteiger partial charge in [0.15, 0.2) is 5.70 Å². The molecule has 1 aromatic rings. The molecule has 0 bridgehead atoms. The fourth-order valence-corrected chi connectivity index (χ4v) is 2.23. The minimum Gasteiger partial charge on any atom is -0.304 e. The molecule has 0 radical (unpaired) electrons. The summed E-state index contributed by atoms with van der Waals surface area (Å²) in [6.07, 6.45) is 5.00. The largest absolute Gasteiger partial charge is 0.311 e. The Morgan fingerprint density at radius 2 is 2.05 bits per heavy atom. The first kappa shape index (κ1) is 14.0. The number of pyridine rings is 1. The highest BCUT2D eigenvalue weighted by molar-refractivity contribution is 6.69. The van der Waals surface area contributed by atoms with E-state index in [0.29, 0.717) is 15.9 Å². The number of carbonyl (C=O) groups excluding carboxylic acids is 1. The highest BCUT2D eigenvalue weighted by Crippen LogP contribution is 2.27. The smallest absolute Gasteiger partial charge is 0.304 e. The van der Waals surface area contributed by atoms with Crippen molar-refractivity contribution in [3.8, 4) is 0 Å². The molecule has 100 valence electrons. The lowest BCUT2D eigenvalue weighted by molar-refractivity contribution is -0.373. The van der Waals surface area contributed by atoms with E-state index >= 15 is 0 Å². The van der Waals surface area contributed by atoms with Crippen molar-refractivity contribution in [3.05, 3.63) is 35.4 Å². The number of halogens is 2. The number of carbonyl (C=O) groups is 1. The van der Waals surface area contributed by atoms with Crippen LogP contribution in [0.1, 0.15) is 13.8 Å². The molecule has 2 heterocycles. The van der Waals surface area contributed by atoms with E-state index in [1.807, 2.05) is 13.8 Å². The highest BCUT2D eigenvalue weighted by atomic mass is 35.5. The molecule has 1 aromatic heterocycles. The van der Waals surface area contributed by atoms with Crippen LogP contribution in [0.4, 0.5) is 5.69 Å². The SMILES string of the molecule is CC(C)C(=O)N(C)C1=C[N+](c2cncc(Cl)c2)=C1Cl. The van der Waals surface area contributed by atoms with Crippen LogP contribution in [0.25, 0.3) is 0 Å². The van der Waals surface area contributed by atoms with Gasteiger partial charge in [-0.1, -0.05) is 25.4 Å². The Morgan fingerprint density at radius 3 is 2.58 bits per heavy atom. The molecule has 0 saturated heterocycles. The monoisotopic (exact) mass is 298 g/mol. The van der Waals surface area contributed by atoms with Gasteiger partial charge in [-0.25, -0.2) is 0 Å². The molecule has 0 fully saturated rings. The zero-order valence-electron chi connectivity index (χ0n) is 10.9. The van der Waals surface area contributed by atoms with E-state index in [2.05, 4.69) is 4.98 Å². The maximum absolute atomic E-state index is 11.9. The molecule has 0 spiro atoms. The predicted molar refractivity (Wildman–Crippen MR) is 75.7 cm³/mol. The first-order chi connectivity index (χ1) is 8.91. The van der Waals surface area contributed by atoms with Gasteiger partial charge in [0.25, 0.3) is 0 Å². The summed E-state index contributed by atoms with van der Waals surface area (Å²) in [6, 6.07) is 1.76. The molecule has 0 unspecified atom stereocenters. The maximum Gasteiger partial charge on any atom is 0.311 e. The van der Waals surface area contributed by atoms with Gasteiger partial charge in [0, 0.05) is 25.2 Å². The lowest BCUT2D eigenvalue weighted by atomic mass is 10.2. The second-order valence-corrected chi connectivity index (χ2v) is 5.38. The quantitative estimate of drug-likeness (QED) is 0.804. The van der Waals surface area contributed by atoms with Gasteiger partial charge in [-0.05, 0) is 11.6 Å². The van der Waals surface area contributed by atoms with E-state index in [0.717, 1.165) is 5.69 Å². The number of allylic oxidation sites excluding steroid dienone is 1. The Hall–Kier alpha value is -1.39. The minimum absolute atomic E-state index is 0.0215. The third-order valence-corrected chi connectivity index (χ3v) is 3.41. The van der Waals surface area contributed by atoms with Crippen LogP contribution in [0.5, 0.6) is 0 Å². The molecule has 0 aromatic carbocycles. The van der Waals surface area contributed by atoms with Gasteiger partial charge in [-0.2, -0.15) is 0 Å². The van der Waals surface area contributed by atoms with Crippen LogP contribution >= 0.6 is 23.2 Å². The van der Waals surface area contributed by atoms with Crippen LogP contribution in [0, 0.1) is 5.92 Å². The zero-order chi connectivity index (χ0) is 14.2. The highest BCUT2D eigenvalue weighted by Gasteiger charge is 2.36. The molecule has 0 saturated carbocycles. The second-order valence-electron chi connectivity index (χ2n) is 4.59. The normalized spacial score (nSPS) is 14.3. The summed E-state index contributed by atoms with van der Waals surface area (Å²) >= 11 is 12.1. The van der Waals surface area contributed by atoms with Crippen LogP contribution < -0.4 is 0 Å². The van der Waals surface area contributed by atoms with Crippen molar-refractivity contribution in [2.75, 3.05) is 7.05 Å². The molecule has 2 rings (SSSR count). The van der Waals surface area contributed by atoms with Crippen LogP contribution in [0.3, 0.4) is 0 Å². The van der Waals surface area contributed by atoms with Crippen molar-refractivity contribution in [1.29, 1.82) is 0 Å². The van der Waals surface area contributed by atoms with Gasteiger partial charge in [0.1, 0.15) is 0 Å². The van der Waals surface area contributed by atoms with Crippen molar-refractivity contribution in [1.82, 2.24) is 9.88 Å². The molecule has 0 N–H and O–H groups in total. The van der Waals surface area contributed by atoms with Crippen molar-refractivity contribution in [2.45, 2.75) is 13.8 Å². The fraction of sp³-hybridized carbons (Fsp3) is 0.308. The van der Waals surface area contributed by atoms with E-state index in [9.17, 15) is 4.79 Å². The van der Waals surface area contributed by atoms with Crippen molar-refractivity contribution >= 4 is 40.0 Å². The second kappa shape index (κ2) is 5.31. The fourth-order valence-electron chi connectivity index (χ4n) is 1.74. The molecule has 4 nitrogen and oxygen atoms in total. The van der Waals surface area contributed by atoms with Crippen molar-refractivity contribution in [2.24, 2.45) is 5.92 Å². The predicted octanol–water partition coefficient (Wildman–Crippen LogP) is 2.99. The standard InChI is InChI=1S/C13H14Cl2N3O/c1-8(2)13(19)17(3)11-7-18(12(11)15)10-4-9(14)5-16-6-10/h4-8H,1-3H3/q+1. The van der Waals surface area contributed by atoms with Gasteiger partial charge < -0.3 is 4.90 Å². The Bertz CT molecular complexity index is 593. The molecule has 1 aliphatic rings. The number of amides is 1. The number of aromatic nitrogens is 1. The number of nitrogens with zero attached hydrogens (tertiary/aromatic N) is 3. The Labute approximate surface area is 122 Å². The molecule has 19 heavy (non-hydrogen) atoms. The molecule has 0 aliphatic carbocycles. The van der Waals surface area contributed by atoms with Crippen molar-refractivity contribution in [3.63, 3.8) is 0 Å². The van der Waals surface area contributed by atoms with Crippen LogP contribution in [0.2, 0.25) is 5.02 Å². The van der Waals surface area contributed by atoms with E-state index in [4.69, 9.17) is 23.2 Å². The summed E-state index contributed by atoms with van der Waals surface area (Å²) in [4.78, 5) is 17.4. The minimum atomic E-state index is -0.0720. The van der Waals surface area contributed by atoms with E-state index in [1.165, 1.54) is 0 Å². The van der Waals surface area contributed by atoms with Crippen LogP contribution in [0.15, 0.2) is 30.4 Å². The summed E-state index contributed by atoms with van der Waals surface area (Å²) in [6.45, 7) is 3.70. The average molecular weight is 299 g/mol. The third-order valence-electron chi connectivity index (χ3n) is 2.83. The Kier molecular flexibility index (Phi) is 3.92. The van der Waals surface area contributed by atoms with Gasteiger partial charge in [-0.15, -0.1) is 4.58 Å². The molecular weight excluding hydrogens is 285 g/mol. The number of hydrogen-bond donors (Lipinski definition) is 0. The molecule has 1 aliphatic heterocycles. The number of hydrogen-bond acceptors (Lipinski definition) is 2.